The van der Waals surface area contributed by atoms with Crippen molar-refractivity contribution in [3.63, 3.8) is 0 Å². The molecule has 30 heavy (non-hydrogen) atoms. The Morgan fingerprint density at radius 2 is 1.80 bits per heavy atom. The first-order chi connectivity index (χ1) is 14.0. The normalized spacial score (nSPS) is 15.7. The molecule has 0 spiro atoms. The highest BCUT2D eigenvalue weighted by Gasteiger charge is 2.15. The lowest BCUT2D eigenvalue weighted by Gasteiger charge is -2.30. The van der Waals surface area contributed by atoms with Crippen LogP contribution in [0, 0.1) is 19.8 Å². The second-order valence-electron chi connectivity index (χ2n) is 8.13. The number of likely N-dealkylation sites (tertiary alicyclic amines) is 1. The van der Waals surface area contributed by atoms with Gasteiger partial charge in [-0.3, -0.25) is 9.89 Å². The van der Waals surface area contributed by atoms with Gasteiger partial charge >= 0.3 is 0 Å². The molecule has 0 saturated carbocycles. The van der Waals surface area contributed by atoms with E-state index in [2.05, 4.69) is 70.5 Å². The van der Waals surface area contributed by atoms with Gasteiger partial charge in [-0.2, -0.15) is 0 Å². The fraction of sp³-hybridized carbons (Fsp3) is 0.565. The van der Waals surface area contributed by atoms with Gasteiger partial charge in [0.15, 0.2) is 5.96 Å². The highest BCUT2D eigenvalue weighted by molar-refractivity contribution is 14.0. The number of nitrogens with one attached hydrogen (secondary N) is 2. The molecule has 1 aromatic carbocycles. The van der Waals surface area contributed by atoms with Crippen molar-refractivity contribution in [2.45, 2.75) is 53.1 Å². The largest absolute Gasteiger partial charge is 0.356 e. The Morgan fingerprint density at radius 1 is 1.13 bits per heavy atom. The molecule has 2 aromatic rings. The fourth-order valence-corrected chi connectivity index (χ4v) is 4.51. The molecule has 1 aromatic heterocycles. The van der Waals surface area contributed by atoms with Crippen LogP contribution in [0.25, 0.3) is 0 Å². The van der Waals surface area contributed by atoms with Gasteiger partial charge < -0.3 is 10.6 Å². The van der Waals surface area contributed by atoms with E-state index in [4.69, 9.17) is 0 Å². The number of nitrogens with zero attached hydrogens (tertiary/aromatic N) is 3. The molecule has 7 heteroatoms. The van der Waals surface area contributed by atoms with Gasteiger partial charge in [0.2, 0.25) is 0 Å². The summed E-state index contributed by atoms with van der Waals surface area (Å²) in [6.07, 6.45) is 3.58. The molecule has 166 valence electrons. The Hall–Kier alpha value is -1.19. The predicted molar refractivity (Wildman–Crippen MR) is 139 cm³/mol. The molecule has 2 N–H and O–H groups in total. The number of thiazole rings is 1. The van der Waals surface area contributed by atoms with Crippen LogP contribution in [0.4, 0.5) is 0 Å². The van der Waals surface area contributed by atoms with E-state index in [1.165, 1.54) is 46.9 Å². The lowest BCUT2D eigenvalue weighted by molar-refractivity contribution is 0.185. The van der Waals surface area contributed by atoms with E-state index >= 15 is 0 Å². The van der Waals surface area contributed by atoms with Crippen molar-refractivity contribution in [3.8, 4) is 0 Å². The molecule has 1 aliphatic heterocycles. The van der Waals surface area contributed by atoms with Gasteiger partial charge in [-0.25, -0.2) is 4.98 Å². The fourth-order valence-electron chi connectivity index (χ4n) is 3.58. The van der Waals surface area contributed by atoms with Crippen molar-refractivity contribution in [1.82, 2.24) is 20.5 Å². The molecule has 0 unspecified atom stereocenters. The monoisotopic (exact) mass is 541 g/mol. The van der Waals surface area contributed by atoms with Gasteiger partial charge in [-0.1, -0.05) is 31.2 Å². The number of hydrogen-bond donors (Lipinski definition) is 2. The SMILES string of the molecule is CN=C(NCCc1nc(C)c(C)s1)NCc1ccc(CN2CCC(C)CC2)cc1.I. The van der Waals surface area contributed by atoms with Crippen molar-refractivity contribution >= 4 is 41.3 Å². The first kappa shape index (κ1) is 25.1. The number of halogens is 1. The molecule has 0 aliphatic carbocycles. The Morgan fingerprint density at radius 3 is 2.40 bits per heavy atom. The number of aryl methyl sites for hydroxylation is 2. The van der Waals surface area contributed by atoms with Gasteiger partial charge in [-0.05, 0) is 56.8 Å². The molecular formula is C23H36IN5S. The van der Waals surface area contributed by atoms with Crippen LogP contribution in [0.15, 0.2) is 29.3 Å². The number of piperidine rings is 1. The van der Waals surface area contributed by atoms with Crippen LogP contribution in [0.5, 0.6) is 0 Å². The number of aromatic nitrogens is 1. The maximum atomic E-state index is 4.59. The maximum absolute atomic E-state index is 4.59. The van der Waals surface area contributed by atoms with Gasteiger partial charge in [-0.15, -0.1) is 35.3 Å². The lowest BCUT2D eigenvalue weighted by Crippen LogP contribution is -2.37. The molecule has 1 fully saturated rings. The van der Waals surface area contributed by atoms with Crippen LogP contribution >= 0.6 is 35.3 Å². The molecule has 2 heterocycles. The van der Waals surface area contributed by atoms with Gasteiger partial charge in [0.25, 0.3) is 0 Å². The zero-order valence-corrected chi connectivity index (χ0v) is 21.8. The number of rotatable bonds is 7. The minimum Gasteiger partial charge on any atom is -0.356 e. The summed E-state index contributed by atoms with van der Waals surface area (Å²) in [4.78, 5) is 12.8. The van der Waals surface area contributed by atoms with Gasteiger partial charge in [0.05, 0.1) is 10.7 Å². The summed E-state index contributed by atoms with van der Waals surface area (Å²) in [6.45, 7) is 11.7. The lowest BCUT2D eigenvalue weighted by atomic mass is 9.99. The summed E-state index contributed by atoms with van der Waals surface area (Å²) >= 11 is 1.78. The summed E-state index contributed by atoms with van der Waals surface area (Å²) in [7, 11) is 1.82. The minimum absolute atomic E-state index is 0. The van der Waals surface area contributed by atoms with Crippen molar-refractivity contribution in [2.24, 2.45) is 10.9 Å². The summed E-state index contributed by atoms with van der Waals surface area (Å²) < 4.78 is 0. The number of guanidine groups is 1. The summed E-state index contributed by atoms with van der Waals surface area (Å²) in [5, 5.41) is 7.97. The highest BCUT2D eigenvalue weighted by atomic mass is 127. The van der Waals surface area contributed by atoms with Crippen LogP contribution in [0.2, 0.25) is 0 Å². The molecule has 5 nitrogen and oxygen atoms in total. The quantitative estimate of drug-likeness (QED) is 0.308. The highest BCUT2D eigenvalue weighted by Crippen LogP contribution is 2.18. The van der Waals surface area contributed by atoms with Crippen molar-refractivity contribution < 1.29 is 0 Å². The van der Waals surface area contributed by atoms with Crippen molar-refractivity contribution in [2.75, 3.05) is 26.7 Å². The van der Waals surface area contributed by atoms with Crippen LogP contribution in [0.1, 0.15) is 46.5 Å². The zero-order valence-electron chi connectivity index (χ0n) is 18.7. The van der Waals surface area contributed by atoms with E-state index in [1.807, 2.05) is 7.05 Å². The first-order valence-corrected chi connectivity index (χ1v) is 11.5. The molecule has 0 atom stereocenters. The summed E-state index contributed by atoms with van der Waals surface area (Å²) in [6, 6.07) is 8.98. The van der Waals surface area contributed by atoms with Crippen molar-refractivity contribution in [1.29, 1.82) is 0 Å². The van der Waals surface area contributed by atoms with E-state index in [0.717, 1.165) is 43.6 Å². The van der Waals surface area contributed by atoms with E-state index in [-0.39, 0.29) is 24.0 Å². The average molecular weight is 542 g/mol. The molecular weight excluding hydrogens is 505 g/mol. The maximum Gasteiger partial charge on any atom is 0.191 e. The topological polar surface area (TPSA) is 52.6 Å². The molecule has 0 bridgehead atoms. The number of benzene rings is 1. The first-order valence-electron chi connectivity index (χ1n) is 10.7. The summed E-state index contributed by atoms with van der Waals surface area (Å²) in [5.74, 6) is 1.72. The third-order valence-corrected chi connectivity index (χ3v) is 6.83. The predicted octanol–water partition coefficient (Wildman–Crippen LogP) is 4.52. The molecule has 3 rings (SSSR count). The number of hydrogen-bond acceptors (Lipinski definition) is 4. The molecule has 0 radical (unpaired) electrons. The van der Waals surface area contributed by atoms with Crippen LogP contribution in [0.3, 0.4) is 0 Å². The summed E-state index contributed by atoms with van der Waals surface area (Å²) in [5.41, 5.74) is 3.82. The Labute approximate surface area is 202 Å². The third-order valence-electron chi connectivity index (χ3n) is 5.69. The van der Waals surface area contributed by atoms with E-state index in [1.54, 1.807) is 11.3 Å². The molecule has 0 amide bonds. The van der Waals surface area contributed by atoms with Gasteiger partial charge in [0, 0.05) is 38.0 Å². The smallest absolute Gasteiger partial charge is 0.191 e. The van der Waals surface area contributed by atoms with Crippen LogP contribution in [-0.4, -0.2) is 42.5 Å². The Balaban J connectivity index is 0.00000320. The third kappa shape index (κ3) is 7.81. The molecule has 1 aliphatic rings. The van der Waals surface area contributed by atoms with E-state index in [9.17, 15) is 0 Å². The standard InChI is InChI=1S/C23H35N5S.HI/c1-17-10-13-28(14-11-17)16-21-7-5-20(6-8-21)15-26-23(24-4)25-12-9-22-27-18(2)19(3)29-22;/h5-8,17H,9-16H2,1-4H3,(H2,24,25,26);1H. The number of aliphatic imine (C=N–C) groups is 1. The van der Waals surface area contributed by atoms with Crippen LogP contribution < -0.4 is 10.6 Å². The second kappa shape index (κ2) is 12.6. The Kier molecular flexibility index (Phi) is 10.5. The average Bonchev–Trinajstić information content (AvgIpc) is 3.04. The zero-order chi connectivity index (χ0) is 20.6. The Bertz CT molecular complexity index is 775. The van der Waals surface area contributed by atoms with E-state index in [0.29, 0.717) is 0 Å². The molecule has 1 saturated heterocycles. The van der Waals surface area contributed by atoms with Crippen LogP contribution in [-0.2, 0) is 19.5 Å². The van der Waals surface area contributed by atoms with E-state index < -0.39 is 0 Å². The second-order valence-corrected chi connectivity index (χ2v) is 9.41. The van der Waals surface area contributed by atoms with Gasteiger partial charge in [0.1, 0.15) is 0 Å². The van der Waals surface area contributed by atoms with Crippen molar-refractivity contribution in [3.05, 3.63) is 51.0 Å². The minimum atomic E-state index is 0.